The molecular formula is C17H18O5S. The molecule has 6 heteroatoms. The van der Waals surface area contributed by atoms with Crippen molar-refractivity contribution in [1.29, 1.82) is 0 Å². The molecule has 0 saturated heterocycles. The van der Waals surface area contributed by atoms with Gasteiger partial charge in [-0.2, -0.15) is 8.42 Å². The topological polar surface area (TPSA) is 69.7 Å². The first-order chi connectivity index (χ1) is 11.0. The summed E-state index contributed by atoms with van der Waals surface area (Å²) in [4.78, 5) is 10.9. The second kappa shape index (κ2) is 7.89. The van der Waals surface area contributed by atoms with Gasteiger partial charge in [0.15, 0.2) is 0 Å². The molecule has 0 aliphatic heterocycles. The number of carbonyl (C=O) groups is 1. The summed E-state index contributed by atoms with van der Waals surface area (Å²) in [5.41, 5.74) is 2.10. The maximum Gasteiger partial charge on any atom is 0.264 e. The first-order valence-corrected chi connectivity index (χ1v) is 8.89. The lowest BCUT2D eigenvalue weighted by molar-refractivity contribution is 0.112. The average molecular weight is 334 g/mol. The highest BCUT2D eigenvalue weighted by Crippen LogP contribution is 2.21. The van der Waals surface area contributed by atoms with Crippen LogP contribution < -0.4 is 4.74 Å². The van der Waals surface area contributed by atoms with E-state index >= 15 is 0 Å². The van der Waals surface area contributed by atoms with E-state index < -0.39 is 10.1 Å². The number of benzene rings is 2. The summed E-state index contributed by atoms with van der Waals surface area (Å²) >= 11 is 0. The third kappa shape index (κ3) is 5.84. The van der Waals surface area contributed by atoms with Crippen molar-refractivity contribution in [1.82, 2.24) is 0 Å². The Labute approximate surface area is 136 Å². The van der Waals surface area contributed by atoms with E-state index in [1.54, 1.807) is 18.2 Å². The standard InChI is InChI=1S/C17H18O5S/c1-23(19,20)22-13-16-11-15(12-18)7-8-17(16)21-10-9-14-5-3-2-4-6-14/h2-8,11-12H,9-10,13H2,1H3. The smallest absolute Gasteiger partial charge is 0.264 e. The van der Waals surface area contributed by atoms with Gasteiger partial charge in [-0.05, 0) is 23.8 Å². The quantitative estimate of drug-likeness (QED) is 0.548. The van der Waals surface area contributed by atoms with E-state index in [1.165, 1.54) is 0 Å². The van der Waals surface area contributed by atoms with Crippen molar-refractivity contribution >= 4 is 16.4 Å². The van der Waals surface area contributed by atoms with E-state index in [4.69, 9.17) is 8.92 Å². The van der Waals surface area contributed by atoms with Crippen LogP contribution in [0.4, 0.5) is 0 Å². The first kappa shape index (κ1) is 17.2. The lowest BCUT2D eigenvalue weighted by Crippen LogP contribution is -2.07. The van der Waals surface area contributed by atoms with Crippen LogP contribution in [-0.4, -0.2) is 27.6 Å². The molecule has 0 fully saturated rings. The van der Waals surface area contributed by atoms with E-state index in [1.807, 2.05) is 30.3 Å². The molecule has 0 spiro atoms. The zero-order chi connectivity index (χ0) is 16.7. The summed E-state index contributed by atoms with van der Waals surface area (Å²) in [7, 11) is -3.57. The van der Waals surface area contributed by atoms with Crippen molar-refractivity contribution in [2.75, 3.05) is 12.9 Å². The van der Waals surface area contributed by atoms with Crippen LogP contribution in [-0.2, 0) is 27.3 Å². The largest absolute Gasteiger partial charge is 0.493 e. The fourth-order valence-corrected chi connectivity index (χ4v) is 2.36. The molecule has 0 atom stereocenters. The van der Waals surface area contributed by atoms with Gasteiger partial charge in [-0.25, -0.2) is 0 Å². The van der Waals surface area contributed by atoms with E-state index in [9.17, 15) is 13.2 Å². The van der Waals surface area contributed by atoms with Crippen molar-refractivity contribution < 1.29 is 22.1 Å². The number of hydrogen-bond acceptors (Lipinski definition) is 5. The highest BCUT2D eigenvalue weighted by molar-refractivity contribution is 7.85. The van der Waals surface area contributed by atoms with Gasteiger partial charge < -0.3 is 4.74 Å². The fraction of sp³-hybridized carbons (Fsp3) is 0.235. The Kier molecular flexibility index (Phi) is 5.90. The Hall–Kier alpha value is -2.18. The minimum absolute atomic E-state index is 0.165. The van der Waals surface area contributed by atoms with Crippen LogP contribution in [0, 0.1) is 0 Å². The van der Waals surface area contributed by atoms with Gasteiger partial charge >= 0.3 is 0 Å². The summed E-state index contributed by atoms with van der Waals surface area (Å²) in [5, 5.41) is 0. The van der Waals surface area contributed by atoms with Crippen molar-refractivity contribution in [3.05, 3.63) is 65.2 Å². The van der Waals surface area contributed by atoms with Crippen LogP contribution in [0.2, 0.25) is 0 Å². The molecule has 122 valence electrons. The molecule has 0 aliphatic carbocycles. The molecule has 2 rings (SSSR count). The molecule has 0 N–H and O–H groups in total. The number of carbonyl (C=O) groups excluding carboxylic acids is 1. The Balaban J connectivity index is 2.05. The molecule has 0 amide bonds. The van der Waals surface area contributed by atoms with E-state index in [-0.39, 0.29) is 6.61 Å². The predicted molar refractivity (Wildman–Crippen MR) is 87.1 cm³/mol. The normalized spacial score (nSPS) is 11.2. The second-order valence-corrected chi connectivity index (χ2v) is 6.68. The number of hydrogen-bond donors (Lipinski definition) is 0. The first-order valence-electron chi connectivity index (χ1n) is 7.07. The summed E-state index contributed by atoms with van der Waals surface area (Å²) in [5.74, 6) is 0.509. The number of aldehydes is 1. The van der Waals surface area contributed by atoms with Crippen LogP contribution in [0.3, 0.4) is 0 Å². The van der Waals surface area contributed by atoms with Gasteiger partial charge in [0.1, 0.15) is 12.0 Å². The van der Waals surface area contributed by atoms with Crippen LogP contribution in [0.5, 0.6) is 5.75 Å². The zero-order valence-electron chi connectivity index (χ0n) is 12.8. The highest BCUT2D eigenvalue weighted by atomic mass is 32.2. The Morgan fingerprint density at radius 3 is 2.48 bits per heavy atom. The van der Waals surface area contributed by atoms with Gasteiger partial charge in [0, 0.05) is 17.5 Å². The summed E-state index contributed by atoms with van der Waals surface area (Å²) in [6.07, 6.45) is 2.40. The average Bonchev–Trinajstić information content (AvgIpc) is 2.54. The van der Waals surface area contributed by atoms with E-state index in [2.05, 4.69) is 0 Å². The molecule has 0 radical (unpaired) electrons. The van der Waals surface area contributed by atoms with Crippen LogP contribution in [0.1, 0.15) is 21.5 Å². The maximum atomic E-state index is 11.1. The molecule has 0 aromatic heterocycles. The van der Waals surface area contributed by atoms with Crippen molar-refractivity contribution in [3.8, 4) is 5.75 Å². The third-order valence-corrected chi connectivity index (χ3v) is 3.69. The van der Waals surface area contributed by atoms with Crippen LogP contribution >= 0.6 is 0 Å². The van der Waals surface area contributed by atoms with E-state index in [0.717, 1.165) is 18.2 Å². The minimum atomic E-state index is -3.57. The molecule has 0 bridgehead atoms. The predicted octanol–water partition coefficient (Wildman–Crippen LogP) is 2.60. The number of rotatable bonds is 8. The third-order valence-electron chi connectivity index (χ3n) is 3.14. The molecule has 0 unspecified atom stereocenters. The molecule has 0 heterocycles. The van der Waals surface area contributed by atoms with Crippen molar-refractivity contribution in [2.24, 2.45) is 0 Å². The molecular weight excluding hydrogens is 316 g/mol. The molecule has 2 aromatic carbocycles. The molecule has 0 aliphatic rings. The van der Waals surface area contributed by atoms with Gasteiger partial charge in [-0.15, -0.1) is 0 Å². The Bertz CT molecular complexity index is 754. The van der Waals surface area contributed by atoms with Crippen LogP contribution in [0.15, 0.2) is 48.5 Å². The van der Waals surface area contributed by atoms with Crippen LogP contribution in [0.25, 0.3) is 0 Å². The lowest BCUT2D eigenvalue weighted by Gasteiger charge is -2.12. The maximum absolute atomic E-state index is 11.1. The monoisotopic (exact) mass is 334 g/mol. The van der Waals surface area contributed by atoms with Crippen molar-refractivity contribution in [3.63, 3.8) is 0 Å². The van der Waals surface area contributed by atoms with Gasteiger partial charge in [0.05, 0.1) is 19.5 Å². The molecule has 2 aromatic rings. The number of ether oxygens (including phenoxy) is 1. The van der Waals surface area contributed by atoms with Gasteiger partial charge in [-0.3, -0.25) is 8.98 Å². The summed E-state index contributed by atoms with van der Waals surface area (Å²) in [6.45, 7) is 0.275. The minimum Gasteiger partial charge on any atom is -0.493 e. The Morgan fingerprint density at radius 1 is 1.09 bits per heavy atom. The zero-order valence-corrected chi connectivity index (χ0v) is 13.6. The van der Waals surface area contributed by atoms with E-state index in [0.29, 0.717) is 29.8 Å². The van der Waals surface area contributed by atoms with Gasteiger partial charge in [0.25, 0.3) is 10.1 Å². The Morgan fingerprint density at radius 2 is 1.83 bits per heavy atom. The molecule has 5 nitrogen and oxygen atoms in total. The lowest BCUT2D eigenvalue weighted by atomic mass is 10.1. The summed E-state index contributed by atoms with van der Waals surface area (Å²) < 4.78 is 32.8. The SMILES string of the molecule is CS(=O)(=O)OCc1cc(C=O)ccc1OCCc1ccccc1. The summed E-state index contributed by atoms with van der Waals surface area (Å²) in [6, 6.07) is 14.7. The van der Waals surface area contributed by atoms with Gasteiger partial charge in [-0.1, -0.05) is 30.3 Å². The van der Waals surface area contributed by atoms with Crippen molar-refractivity contribution in [2.45, 2.75) is 13.0 Å². The second-order valence-electron chi connectivity index (χ2n) is 5.04. The molecule has 0 saturated carbocycles. The highest BCUT2D eigenvalue weighted by Gasteiger charge is 2.09. The fourth-order valence-electron chi connectivity index (χ4n) is 2.02. The molecule has 23 heavy (non-hydrogen) atoms. The van der Waals surface area contributed by atoms with Gasteiger partial charge in [0.2, 0.25) is 0 Å².